The number of rotatable bonds is 9. The summed E-state index contributed by atoms with van der Waals surface area (Å²) < 4.78 is 0. The lowest BCUT2D eigenvalue weighted by Crippen LogP contribution is -2.49. The molecule has 0 saturated heterocycles. The predicted molar refractivity (Wildman–Crippen MR) is 75.1 cm³/mol. The van der Waals surface area contributed by atoms with E-state index in [4.69, 9.17) is 5.73 Å². The predicted octanol–water partition coefficient (Wildman–Crippen LogP) is 2.38. The van der Waals surface area contributed by atoms with Crippen molar-refractivity contribution >= 4 is 0 Å². The molecule has 0 aromatic rings. The second kappa shape index (κ2) is 8.06. The van der Waals surface area contributed by atoms with Crippen molar-refractivity contribution in [2.75, 3.05) is 13.2 Å². The quantitative estimate of drug-likeness (QED) is 0.655. The minimum atomic E-state index is -0.461. The fourth-order valence-electron chi connectivity index (χ4n) is 2.31. The average molecular weight is 244 g/mol. The summed E-state index contributed by atoms with van der Waals surface area (Å²) in [6.45, 7) is 12.1. The van der Waals surface area contributed by atoms with Crippen LogP contribution in [0.5, 0.6) is 0 Å². The van der Waals surface area contributed by atoms with Crippen molar-refractivity contribution < 1.29 is 5.11 Å². The van der Waals surface area contributed by atoms with Crippen LogP contribution in [0.4, 0.5) is 0 Å². The molecule has 3 atom stereocenters. The van der Waals surface area contributed by atoms with Crippen molar-refractivity contribution in [3.63, 3.8) is 0 Å². The number of hydrogen-bond donors (Lipinski definition) is 2. The van der Waals surface area contributed by atoms with Crippen LogP contribution in [0.3, 0.4) is 0 Å². The van der Waals surface area contributed by atoms with Crippen LogP contribution in [0.25, 0.3) is 0 Å². The number of nitrogens with two attached hydrogens (primary N) is 1. The Hall–Kier alpha value is -0.120. The van der Waals surface area contributed by atoms with Crippen LogP contribution >= 0.6 is 0 Å². The first-order valence-electron chi connectivity index (χ1n) is 7.03. The molecule has 0 fully saturated rings. The summed E-state index contributed by atoms with van der Waals surface area (Å²) in [5, 5.41) is 9.25. The van der Waals surface area contributed by atoms with E-state index < -0.39 is 5.54 Å². The highest BCUT2D eigenvalue weighted by atomic mass is 16.3. The lowest BCUT2D eigenvalue weighted by Gasteiger charge is -2.37. The third kappa shape index (κ3) is 6.39. The molecule has 17 heavy (non-hydrogen) atoms. The van der Waals surface area contributed by atoms with Gasteiger partial charge in [-0.05, 0) is 46.6 Å². The molecule has 0 heterocycles. The number of hydrogen-bond acceptors (Lipinski definition) is 3. The van der Waals surface area contributed by atoms with E-state index in [9.17, 15) is 5.11 Å². The molecular weight excluding hydrogens is 212 g/mol. The molecule has 0 saturated carbocycles. The third-order valence-electron chi connectivity index (χ3n) is 3.62. The maximum absolute atomic E-state index is 9.25. The van der Waals surface area contributed by atoms with Gasteiger partial charge < -0.3 is 10.8 Å². The van der Waals surface area contributed by atoms with Crippen molar-refractivity contribution in [2.45, 2.75) is 77.9 Å². The van der Waals surface area contributed by atoms with E-state index in [-0.39, 0.29) is 6.61 Å². The summed E-state index contributed by atoms with van der Waals surface area (Å²) >= 11 is 0. The van der Waals surface area contributed by atoms with E-state index in [0.717, 1.165) is 19.4 Å². The zero-order valence-corrected chi connectivity index (χ0v) is 12.4. The Morgan fingerprint density at radius 1 is 1.24 bits per heavy atom. The van der Waals surface area contributed by atoms with Gasteiger partial charge in [0.2, 0.25) is 0 Å². The molecule has 3 nitrogen and oxygen atoms in total. The minimum Gasteiger partial charge on any atom is -0.394 e. The zero-order valence-electron chi connectivity index (χ0n) is 12.4. The Morgan fingerprint density at radius 3 is 2.24 bits per heavy atom. The highest BCUT2D eigenvalue weighted by molar-refractivity contribution is 4.85. The van der Waals surface area contributed by atoms with E-state index >= 15 is 0 Å². The summed E-state index contributed by atoms with van der Waals surface area (Å²) in [5.41, 5.74) is 5.59. The van der Waals surface area contributed by atoms with Gasteiger partial charge in [0.05, 0.1) is 6.61 Å². The van der Waals surface area contributed by atoms with Gasteiger partial charge in [-0.3, -0.25) is 4.90 Å². The SMILES string of the molecule is CCCCN(C(C)CC)C(C)CC(C)(N)CO. The van der Waals surface area contributed by atoms with Gasteiger partial charge in [0.15, 0.2) is 0 Å². The second-order valence-electron chi connectivity index (χ2n) is 5.71. The Kier molecular flexibility index (Phi) is 8.01. The first-order valence-corrected chi connectivity index (χ1v) is 7.03. The molecule has 0 rings (SSSR count). The van der Waals surface area contributed by atoms with Gasteiger partial charge in [-0.2, -0.15) is 0 Å². The van der Waals surface area contributed by atoms with Crippen LogP contribution in [0, 0.1) is 0 Å². The molecule has 0 aliphatic rings. The smallest absolute Gasteiger partial charge is 0.0609 e. The standard InChI is InChI=1S/C14H32N2O/c1-6-8-9-16(12(3)7-2)13(4)10-14(5,15)11-17/h12-13,17H,6-11,15H2,1-5H3. The molecule has 0 radical (unpaired) electrons. The van der Waals surface area contributed by atoms with Crippen LogP contribution in [-0.4, -0.2) is 40.8 Å². The number of nitrogens with zero attached hydrogens (tertiary/aromatic N) is 1. The highest BCUT2D eigenvalue weighted by Crippen LogP contribution is 2.18. The van der Waals surface area contributed by atoms with Crippen molar-refractivity contribution in [1.29, 1.82) is 0 Å². The summed E-state index contributed by atoms with van der Waals surface area (Å²) in [7, 11) is 0. The molecule has 0 amide bonds. The van der Waals surface area contributed by atoms with E-state index in [2.05, 4.69) is 32.6 Å². The molecule has 3 heteroatoms. The maximum Gasteiger partial charge on any atom is 0.0609 e. The Labute approximate surface area is 107 Å². The molecule has 0 aliphatic carbocycles. The van der Waals surface area contributed by atoms with Gasteiger partial charge in [-0.25, -0.2) is 0 Å². The van der Waals surface area contributed by atoms with Crippen molar-refractivity contribution in [2.24, 2.45) is 5.73 Å². The first-order chi connectivity index (χ1) is 7.87. The molecule has 0 aliphatic heterocycles. The summed E-state index contributed by atoms with van der Waals surface area (Å²) in [6.07, 6.45) is 4.46. The van der Waals surface area contributed by atoms with Gasteiger partial charge in [-0.15, -0.1) is 0 Å². The molecule has 3 unspecified atom stereocenters. The Balaban J connectivity index is 4.45. The minimum absolute atomic E-state index is 0.0550. The topological polar surface area (TPSA) is 49.5 Å². The van der Waals surface area contributed by atoms with Crippen LogP contribution in [0.2, 0.25) is 0 Å². The van der Waals surface area contributed by atoms with E-state index in [1.165, 1.54) is 12.8 Å². The van der Waals surface area contributed by atoms with Gasteiger partial charge >= 0.3 is 0 Å². The monoisotopic (exact) mass is 244 g/mol. The van der Waals surface area contributed by atoms with Crippen molar-refractivity contribution in [3.8, 4) is 0 Å². The summed E-state index contributed by atoms with van der Waals surface area (Å²) in [4.78, 5) is 2.53. The number of unbranched alkanes of at least 4 members (excludes halogenated alkanes) is 1. The molecule has 0 spiro atoms. The first kappa shape index (κ1) is 16.9. The highest BCUT2D eigenvalue weighted by Gasteiger charge is 2.26. The lowest BCUT2D eigenvalue weighted by atomic mass is 9.94. The summed E-state index contributed by atoms with van der Waals surface area (Å²) in [5.74, 6) is 0. The normalized spacial score (nSPS) is 19.1. The van der Waals surface area contributed by atoms with Gasteiger partial charge in [0.25, 0.3) is 0 Å². The fraction of sp³-hybridized carbons (Fsp3) is 1.00. The number of aliphatic hydroxyl groups excluding tert-OH is 1. The van der Waals surface area contributed by atoms with Gasteiger partial charge in [0, 0.05) is 17.6 Å². The largest absolute Gasteiger partial charge is 0.394 e. The van der Waals surface area contributed by atoms with Crippen molar-refractivity contribution in [3.05, 3.63) is 0 Å². The van der Waals surface area contributed by atoms with E-state index in [1.807, 2.05) is 6.92 Å². The van der Waals surface area contributed by atoms with Gasteiger partial charge in [-0.1, -0.05) is 20.3 Å². The zero-order chi connectivity index (χ0) is 13.5. The Morgan fingerprint density at radius 2 is 1.82 bits per heavy atom. The fourth-order valence-corrected chi connectivity index (χ4v) is 2.31. The molecular formula is C14H32N2O. The maximum atomic E-state index is 9.25. The third-order valence-corrected chi connectivity index (χ3v) is 3.62. The molecule has 104 valence electrons. The van der Waals surface area contributed by atoms with Gasteiger partial charge in [0.1, 0.15) is 0 Å². The van der Waals surface area contributed by atoms with E-state index in [1.54, 1.807) is 0 Å². The second-order valence-corrected chi connectivity index (χ2v) is 5.71. The van der Waals surface area contributed by atoms with E-state index in [0.29, 0.717) is 12.1 Å². The lowest BCUT2D eigenvalue weighted by molar-refractivity contribution is 0.104. The Bertz CT molecular complexity index is 195. The summed E-state index contributed by atoms with van der Waals surface area (Å²) in [6, 6.07) is 1.02. The average Bonchev–Trinajstić information content (AvgIpc) is 2.28. The van der Waals surface area contributed by atoms with Crippen LogP contribution in [0.1, 0.15) is 60.3 Å². The van der Waals surface area contributed by atoms with Crippen LogP contribution in [-0.2, 0) is 0 Å². The molecule has 3 N–H and O–H groups in total. The molecule has 0 aromatic heterocycles. The van der Waals surface area contributed by atoms with Crippen LogP contribution in [0.15, 0.2) is 0 Å². The number of aliphatic hydroxyl groups is 1. The van der Waals surface area contributed by atoms with Crippen molar-refractivity contribution in [1.82, 2.24) is 4.90 Å². The van der Waals surface area contributed by atoms with Crippen LogP contribution < -0.4 is 5.73 Å². The molecule has 0 bridgehead atoms. The molecule has 0 aromatic carbocycles.